The number of nitrogens with zero attached hydrogens (tertiary/aromatic N) is 6. The van der Waals surface area contributed by atoms with Gasteiger partial charge in [0.25, 0.3) is 5.71 Å². The molecular formula is C21H19N9O2. The van der Waals surface area contributed by atoms with Crippen LogP contribution in [0.25, 0.3) is 33.7 Å². The number of nitrogens with one attached hydrogen (secondary N) is 3. The zero-order chi connectivity index (χ0) is 21.5. The van der Waals surface area contributed by atoms with Gasteiger partial charge in [-0.1, -0.05) is 0 Å². The molecule has 1 aliphatic rings. The Morgan fingerprint density at radius 3 is 2.91 bits per heavy atom. The third kappa shape index (κ3) is 3.19. The van der Waals surface area contributed by atoms with Crippen LogP contribution in [0, 0.1) is 0 Å². The third-order valence-electron chi connectivity index (χ3n) is 5.62. The molecule has 0 aliphatic carbocycles. The largest absolute Gasteiger partial charge is 0.422 e. The summed E-state index contributed by atoms with van der Waals surface area (Å²) < 4.78 is 6.92. The Kier molecular flexibility index (Phi) is 4.39. The van der Waals surface area contributed by atoms with Crippen molar-refractivity contribution >= 4 is 34.0 Å². The van der Waals surface area contributed by atoms with E-state index in [0.29, 0.717) is 17.3 Å². The van der Waals surface area contributed by atoms with Crippen molar-refractivity contribution in [1.82, 2.24) is 40.0 Å². The highest BCUT2D eigenvalue weighted by atomic mass is 16.4. The molecule has 5 aromatic heterocycles. The Bertz CT molecular complexity index is 1470. The smallest absolute Gasteiger partial charge is 0.387 e. The fourth-order valence-corrected chi connectivity index (χ4v) is 4.11. The van der Waals surface area contributed by atoms with Crippen LogP contribution in [0.3, 0.4) is 0 Å². The van der Waals surface area contributed by atoms with E-state index in [1.54, 1.807) is 17.0 Å². The maximum Gasteiger partial charge on any atom is 0.422 e. The highest BCUT2D eigenvalue weighted by molar-refractivity contribution is 5.90. The van der Waals surface area contributed by atoms with Crippen molar-refractivity contribution in [2.45, 2.75) is 18.9 Å². The molecular weight excluding hydrogens is 410 g/mol. The number of aromatic amines is 1. The number of anilines is 2. The van der Waals surface area contributed by atoms with Crippen LogP contribution in [0.1, 0.15) is 18.9 Å². The second kappa shape index (κ2) is 7.54. The summed E-state index contributed by atoms with van der Waals surface area (Å²) in [6.45, 7) is 1.70. The first-order valence-corrected chi connectivity index (χ1v) is 10.4. The Morgan fingerprint density at radius 1 is 1.09 bits per heavy atom. The SMILES string of the molecule is O=c1oc2ncc(Nc3cc(-c4ccnc5cccnc45)[nH]n3)nc2n1C1CCNCC1. The van der Waals surface area contributed by atoms with Gasteiger partial charge in [0, 0.05) is 30.1 Å². The minimum atomic E-state index is -0.428. The molecule has 0 aromatic carbocycles. The fourth-order valence-electron chi connectivity index (χ4n) is 4.11. The quantitative estimate of drug-likeness (QED) is 0.393. The maximum absolute atomic E-state index is 12.4. The molecule has 160 valence electrons. The minimum absolute atomic E-state index is 0.0407. The van der Waals surface area contributed by atoms with Gasteiger partial charge in [0.1, 0.15) is 0 Å². The van der Waals surface area contributed by atoms with Crippen LogP contribution in [0.15, 0.2) is 52.1 Å². The van der Waals surface area contributed by atoms with Gasteiger partial charge in [-0.3, -0.25) is 19.6 Å². The number of hydrogen-bond donors (Lipinski definition) is 3. The van der Waals surface area contributed by atoms with Crippen molar-refractivity contribution in [3.05, 3.63) is 53.4 Å². The van der Waals surface area contributed by atoms with Crippen LogP contribution in [-0.4, -0.2) is 47.8 Å². The number of pyridine rings is 2. The van der Waals surface area contributed by atoms with Gasteiger partial charge in [-0.25, -0.2) is 14.8 Å². The van der Waals surface area contributed by atoms with E-state index in [-0.39, 0.29) is 11.8 Å². The zero-order valence-electron chi connectivity index (χ0n) is 16.9. The van der Waals surface area contributed by atoms with E-state index in [9.17, 15) is 4.79 Å². The van der Waals surface area contributed by atoms with Crippen molar-refractivity contribution in [1.29, 1.82) is 0 Å². The van der Waals surface area contributed by atoms with E-state index in [0.717, 1.165) is 48.2 Å². The molecule has 0 unspecified atom stereocenters. The third-order valence-corrected chi connectivity index (χ3v) is 5.62. The Hall–Kier alpha value is -4.12. The number of oxazole rings is 1. The Balaban J connectivity index is 1.33. The van der Waals surface area contributed by atoms with E-state index >= 15 is 0 Å². The summed E-state index contributed by atoms with van der Waals surface area (Å²) in [4.78, 5) is 30.1. The van der Waals surface area contributed by atoms with Gasteiger partial charge >= 0.3 is 5.76 Å². The number of hydrogen-bond acceptors (Lipinski definition) is 9. The first-order valence-electron chi connectivity index (χ1n) is 10.4. The molecule has 0 saturated carbocycles. The van der Waals surface area contributed by atoms with Crippen molar-refractivity contribution < 1.29 is 4.42 Å². The normalized spacial score (nSPS) is 14.9. The van der Waals surface area contributed by atoms with Gasteiger partial charge in [-0.15, -0.1) is 0 Å². The van der Waals surface area contributed by atoms with Crippen LogP contribution in [-0.2, 0) is 0 Å². The van der Waals surface area contributed by atoms with E-state index in [1.165, 1.54) is 6.20 Å². The molecule has 6 heterocycles. The zero-order valence-corrected chi connectivity index (χ0v) is 16.9. The molecule has 0 atom stereocenters. The lowest BCUT2D eigenvalue weighted by molar-refractivity contribution is 0.348. The second-order valence-electron chi connectivity index (χ2n) is 7.62. The summed E-state index contributed by atoms with van der Waals surface area (Å²) in [5, 5.41) is 13.8. The topological polar surface area (TPSA) is 139 Å². The maximum atomic E-state index is 12.4. The molecule has 32 heavy (non-hydrogen) atoms. The molecule has 0 radical (unpaired) electrons. The molecule has 0 spiro atoms. The van der Waals surface area contributed by atoms with Crippen LogP contribution in [0.5, 0.6) is 0 Å². The lowest BCUT2D eigenvalue weighted by atomic mass is 10.1. The highest BCUT2D eigenvalue weighted by Crippen LogP contribution is 2.27. The first kappa shape index (κ1) is 18.6. The number of aromatic nitrogens is 7. The van der Waals surface area contributed by atoms with Gasteiger partial charge in [0.15, 0.2) is 11.6 Å². The second-order valence-corrected chi connectivity index (χ2v) is 7.62. The molecule has 11 heteroatoms. The molecule has 3 N–H and O–H groups in total. The number of rotatable bonds is 4. The molecule has 5 aromatic rings. The Morgan fingerprint density at radius 2 is 2.00 bits per heavy atom. The van der Waals surface area contributed by atoms with E-state index < -0.39 is 5.76 Å². The fraction of sp³-hybridized carbons (Fsp3) is 0.238. The number of fused-ring (bicyclic) bond motifs is 2. The molecule has 11 nitrogen and oxygen atoms in total. The predicted octanol–water partition coefficient (Wildman–Crippen LogP) is 2.39. The molecule has 1 saturated heterocycles. The van der Waals surface area contributed by atoms with Crippen LogP contribution >= 0.6 is 0 Å². The first-order chi connectivity index (χ1) is 15.8. The highest BCUT2D eigenvalue weighted by Gasteiger charge is 2.23. The van der Waals surface area contributed by atoms with Crippen molar-refractivity contribution in [2.75, 3.05) is 18.4 Å². The van der Waals surface area contributed by atoms with Crippen molar-refractivity contribution in [3.8, 4) is 11.3 Å². The van der Waals surface area contributed by atoms with E-state index in [1.807, 2.05) is 24.3 Å². The molecule has 0 amide bonds. The number of piperidine rings is 1. The lowest BCUT2D eigenvalue weighted by Crippen LogP contribution is -2.32. The van der Waals surface area contributed by atoms with Crippen LogP contribution in [0.4, 0.5) is 11.6 Å². The molecule has 1 fully saturated rings. The van der Waals surface area contributed by atoms with Crippen molar-refractivity contribution in [2.24, 2.45) is 0 Å². The van der Waals surface area contributed by atoms with Gasteiger partial charge < -0.3 is 15.1 Å². The summed E-state index contributed by atoms with van der Waals surface area (Å²) >= 11 is 0. The number of H-pyrrole nitrogens is 1. The molecule has 0 bridgehead atoms. The monoisotopic (exact) mass is 429 g/mol. The Labute approximate surface area is 180 Å². The average molecular weight is 429 g/mol. The summed E-state index contributed by atoms with van der Waals surface area (Å²) in [7, 11) is 0. The average Bonchev–Trinajstić information content (AvgIpc) is 3.42. The molecule has 1 aliphatic heterocycles. The predicted molar refractivity (Wildman–Crippen MR) is 118 cm³/mol. The summed E-state index contributed by atoms with van der Waals surface area (Å²) in [6, 6.07) is 7.57. The minimum Gasteiger partial charge on any atom is -0.387 e. The van der Waals surface area contributed by atoms with Gasteiger partial charge in [0.2, 0.25) is 5.65 Å². The van der Waals surface area contributed by atoms with Gasteiger partial charge in [-0.05, 0) is 44.1 Å². The lowest BCUT2D eigenvalue weighted by Gasteiger charge is -2.22. The molecule has 6 rings (SSSR count). The van der Waals surface area contributed by atoms with Crippen LogP contribution in [0.2, 0.25) is 0 Å². The van der Waals surface area contributed by atoms with E-state index in [2.05, 4.69) is 40.8 Å². The van der Waals surface area contributed by atoms with Crippen molar-refractivity contribution in [3.63, 3.8) is 0 Å². The standard InChI is InChI=1S/C21H19N9O2/c31-21-30(12-3-7-22-8-4-12)19-20(32-21)25-11-17(27-19)26-16-10-15(28-29-16)13-5-9-23-14-2-1-6-24-18(13)14/h1-2,5-6,9-12,22H,3-4,7-8H2,(H2,26,27,28,29). The van der Waals surface area contributed by atoms with Gasteiger partial charge in [0.05, 0.1) is 22.9 Å². The summed E-state index contributed by atoms with van der Waals surface area (Å²) in [6.07, 6.45) is 6.68. The summed E-state index contributed by atoms with van der Waals surface area (Å²) in [5.74, 6) is 0.605. The van der Waals surface area contributed by atoms with Crippen LogP contribution < -0.4 is 16.4 Å². The van der Waals surface area contributed by atoms with E-state index in [4.69, 9.17) is 4.42 Å². The summed E-state index contributed by atoms with van der Waals surface area (Å²) in [5.41, 5.74) is 3.95. The van der Waals surface area contributed by atoms with Gasteiger partial charge in [-0.2, -0.15) is 5.10 Å².